The van der Waals surface area contributed by atoms with Gasteiger partial charge in [0, 0.05) is 13.5 Å². The van der Waals surface area contributed by atoms with Crippen molar-refractivity contribution >= 4 is 29.1 Å². The quantitative estimate of drug-likeness (QED) is 0.831. The van der Waals surface area contributed by atoms with Crippen LogP contribution in [0.1, 0.15) is 18.9 Å². The highest BCUT2D eigenvalue weighted by Crippen LogP contribution is 2.20. The van der Waals surface area contributed by atoms with Crippen LogP contribution in [-0.4, -0.2) is 29.8 Å². The Labute approximate surface area is 147 Å². The second kappa shape index (κ2) is 9.08. The Morgan fingerprint density at radius 1 is 1.04 bits per heavy atom. The number of hydrogen-bond acceptors (Lipinski definition) is 2. The number of aryl methyl sites for hydroxylation is 1. The van der Waals surface area contributed by atoms with Crippen molar-refractivity contribution in [2.45, 2.75) is 19.8 Å². The van der Waals surface area contributed by atoms with Gasteiger partial charge in [-0.05, 0) is 30.5 Å². The number of hydrogen-bond donors (Lipinski definition) is 1. The van der Waals surface area contributed by atoms with E-state index in [1.165, 1.54) is 12.5 Å². The van der Waals surface area contributed by atoms with Gasteiger partial charge in [0.25, 0.3) is 0 Å². The number of anilines is 1. The van der Waals surface area contributed by atoms with Crippen LogP contribution in [0.25, 0.3) is 0 Å². The maximum absolute atomic E-state index is 12.1. The first-order chi connectivity index (χ1) is 11.6. The molecule has 0 saturated carbocycles. The van der Waals surface area contributed by atoms with E-state index in [0.717, 1.165) is 12.8 Å². The van der Waals surface area contributed by atoms with Gasteiger partial charge in [0.05, 0.1) is 17.3 Å². The molecule has 0 radical (unpaired) electrons. The van der Waals surface area contributed by atoms with E-state index in [-0.39, 0.29) is 18.4 Å². The summed E-state index contributed by atoms with van der Waals surface area (Å²) < 4.78 is 0. The van der Waals surface area contributed by atoms with Crippen molar-refractivity contribution in [2.75, 3.05) is 18.4 Å². The highest BCUT2D eigenvalue weighted by Gasteiger charge is 2.14. The number of carbonyl (C=O) groups excluding carboxylic acids is 2. The molecule has 0 heterocycles. The van der Waals surface area contributed by atoms with Gasteiger partial charge in [-0.15, -0.1) is 0 Å². The lowest BCUT2D eigenvalue weighted by Gasteiger charge is -2.20. The summed E-state index contributed by atoms with van der Waals surface area (Å²) in [5.74, 6) is -0.365. The van der Waals surface area contributed by atoms with E-state index in [4.69, 9.17) is 11.6 Å². The molecule has 126 valence electrons. The molecule has 0 bridgehead atoms. The van der Waals surface area contributed by atoms with Crippen molar-refractivity contribution in [2.24, 2.45) is 0 Å². The molecular formula is C19H21ClN2O2. The Bertz CT molecular complexity index is 689. The minimum absolute atomic E-state index is 0.0232. The van der Waals surface area contributed by atoms with Gasteiger partial charge < -0.3 is 10.2 Å². The van der Waals surface area contributed by atoms with Gasteiger partial charge in [0.1, 0.15) is 0 Å². The molecule has 2 rings (SSSR count). The summed E-state index contributed by atoms with van der Waals surface area (Å²) in [4.78, 5) is 25.5. The zero-order valence-electron chi connectivity index (χ0n) is 13.7. The fourth-order valence-electron chi connectivity index (χ4n) is 2.39. The number of amides is 2. The van der Waals surface area contributed by atoms with Gasteiger partial charge in [-0.3, -0.25) is 9.59 Å². The lowest BCUT2D eigenvalue weighted by molar-refractivity contribution is -0.132. The molecule has 4 nitrogen and oxygen atoms in total. The topological polar surface area (TPSA) is 49.4 Å². The molecule has 2 aromatic rings. The van der Waals surface area contributed by atoms with Crippen molar-refractivity contribution in [3.63, 3.8) is 0 Å². The minimum Gasteiger partial charge on any atom is -0.334 e. The average Bonchev–Trinajstić information content (AvgIpc) is 2.57. The maximum atomic E-state index is 12.1. The summed E-state index contributed by atoms with van der Waals surface area (Å²) in [6, 6.07) is 17.1. The van der Waals surface area contributed by atoms with Gasteiger partial charge >= 0.3 is 0 Å². The van der Waals surface area contributed by atoms with Gasteiger partial charge in [-0.25, -0.2) is 0 Å². The average molecular weight is 345 g/mol. The summed E-state index contributed by atoms with van der Waals surface area (Å²) >= 11 is 6.02. The molecule has 24 heavy (non-hydrogen) atoms. The molecule has 2 aromatic carbocycles. The van der Waals surface area contributed by atoms with Gasteiger partial charge in [0.2, 0.25) is 11.8 Å². The Kier molecular flexibility index (Phi) is 6.82. The smallest absolute Gasteiger partial charge is 0.244 e. The normalized spacial score (nSPS) is 10.2. The van der Waals surface area contributed by atoms with Crippen molar-refractivity contribution in [3.8, 4) is 0 Å². The molecule has 5 heteroatoms. The first-order valence-corrected chi connectivity index (χ1v) is 8.28. The summed E-state index contributed by atoms with van der Waals surface area (Å²) in [5.41, 5.74) is 1.78. The summed E-state index contributed by atoms with van der Waals surface area (Å²) in [6.45, 7) is 2.04. The van der Waals surface area contributed by atoms with Crippen LogP contribution in [0.15, 0.2) is 54.6 Å². The highest BCUT2D eigenvalue weighted by molar-refractivity contribution is 6.33. The van der Waals surface area contributed by atoms with E-state index < -0.39 is 0 Å². The predicted octanol–water partition coefficient (Wildman–Crippen LogP) is 3.76. The molecule has 1 N–H and O–H groups in total. The van der Waals surface area contributed by atoms with E-state index in [1.807, 2.05) is 18.2 Å². The fourth-order valence-corrected chi connectivity index (χ4v) is 2.58. The van der Waals surface area contributed by atoms with Crippen molar-refractivity contribution in [3.05, 3.63) is 65.2 Å². The van der Waals surface area contributed by atoms with Crippen LogP contribution in [0.4, 0.5) is 5.69 Å². The van der Waals surface area contributed by atoms with E-state index in [2.05, 4.69) is 17.4 Å². The van der Waals surface area contributed by atoms with Crippen LogP contribution in [-0.2, 0) is 16.0 Å². The summed E-state index contributed by atoms with van der Waals surface area (Å²) in [5, 5.41) is 3.22. The number of carbonyl (C=O) groups is 2. The summed E-state index contributed by atoms with van der Waals surface area (Å²) in [6.07, 6.45) is 1.68. The van der Waals surface area contributed by atoms with Crippen LogP contribution in [0.3, 0.4) is 0 Å². The van der Waals surface area contributed by atoms with E-state index in [1.54, 1.807) is 29.2 Å². The number of halogens is 1. The first kappa shape index (κ1) is 18.0. The Hall–Kier alpha value is -2.33. The molecule has 0 saturated heterocycles. The van der Waals surface area contributed by atoms with Gasteiger partial charge in [0.15, 0.2) is 0 Å². The monoisotopic (exact) mass is 344 g/mol. The predicted molar refractivity (Wildman–Crippen MR) is 97.1 cm³/mol. The number of benzene rings is 2. The van der Waals surface area contributed by atoms with Crippen LogP contribution in [0, 0.1) is 0 Å². The minimum atomic E-state index is -0.252. The molecule has 2 amide bonds. The molecule has 0 aliphatic rings. The van der Waals surface area contributed by atoms with Crippen molar-refractivity contribution in [1.29, 1.82) is 0 Å². The number of rotatable bonds is 7. The lowest BCUT2D eigenvalue weighted by Crippen LogP contribution is -2.37. The fraction of sp³-hybridized carbons (Fsp3) is 0.263. The zero-order valence-corrected chi connectivity index (χ0v) is 14.4. The maximum Gasteiger partial charge on any atom is 0.244 e. The summed E-state index contributed by atoms with van der Waals surface area (Å²) in [7, 11) is 0. The van der Waals surface area contributed by atoms with Gasteiger partial charge in [-0.1, -0.05) is 54.1 Å². The molecule has 0 unspecified atom stereocenters. The third-order valence-electron chi connectivity index (χ3n) is 3.66. The second-order valence-corrected chi connectivity index (χ2v) is 5.96. The standard InChI is InChI=1S/C19H21ClN2O2/c1-15(23)22(13-7-10-16-8-3-2-4-9-16)14-19(24)21-18-12-6-5-11-17(18)20/h2-6,8-9,11-12H,7,10,13-14H2,1H3,(H,21,24). The van der Waals surface area contributed by atoms with Crippen molar-refractivity contribution in [1.82, 2.24) is 4.90 Å². The molecule has 0 spiro atoms. The molecule has 0 atom stereocenters. The SMILES string of the molecule is CC(=O)N(CCCc1ccccc1)CC(=O)Nc1ccccc1Cl. The van der Waals surface area contributed by atoms with Crippen LogP contribution >= 0.6 is 11.6 Å². The molecule has 0 aliphatic carbocycles. The van der Waals surface area contributed by atoms with Crippen LogP contribution in [0.2, 0.25) is 5.02 Å². The highest BCUT2D eigenvalue weighted by atomic mass is 35.5. The van der Waals surface area contributed by atoms with E-state index >= 15 is 0 Å². The first-order valence-electron chi connectivity index (χ1n) is 7.90. The van der Waals surface area contributed by atoms with Crippen LogP contribution < -0.4 is 5.32 Å². The Morgan fingerprint density at radius 3 is 2.38 bits per heavy atom. The third-order valence-corrected chi connectivity index (χ3v) is 3.99. The largest absolute Gasteiger partial charge is 0.334 e. The van der Waals surface area contributed by atoms with E-state index in [0.29, 0.717) is 17.3 Å². The molecular weight excluding hydrogens is 324 g/mol. The number of nitrogens with zero attached hydrogens (tertiary/aromatic N) is 1. The molecule has 0 aliphatic heterocycles. The second-order valence-electron chi connectivity index (χ2n) is 5.56. The Morgan fingerprint density at radius 2 is 1.71 bits per heavy atom. The molecule has 0 fully saturated rings. The zero-order chi connectivity index (χ0) is 17.4. The Balaban J connectivity index is 1.85. The number of para-hydroxylation sites is 1. The van der Waals surface area contributed by atoms with Crippen molar-refractivity contribution < 1.29 is 9.59 Å². The third kappa shape index (κ3) is 5.70. The lowest BCUT2D eigenvalue weighted by atomic mass is 10.1. The molecule has 0 aromatic heterocycles. The van der Waals surface area contributed by atoms with Gasteiger partial charge in [-0.2, -0.15) is 0 Å². The van der Waals surface area contributed by atoms with Crippen LogP contribution in [0.5, 0.6) is 0 Å². The van der Waals surface area contributed by atoms with E-state index in [9.17, 15) is 9.59 Å². The number of nitrogens with one attached hydrogen (secondary N) is 1.